The van der Waals surface area contributed by atoms with Crippen LogP contribution in [-0.2, 0) is 5.54 Å². The number of ether oxygens (including phenoxy) is 1. The fourth-order valence-electron chi connectivity index (χ4n) is 3.61. The second-order valence-corrected chi connectivity index (χ2v) is 7.52. The Morgan fingerprint density at radius 2 is 1.86 bits per heavy atom. The van der Waals surface area contributed by atoms with E-state index in [1.165, 1.54) is 12.3 Å². The summed E-state index contributed by atoms with van der Waals surface area (Å²) in [5, 5.41) is 3.38. The van der Waals surface area contributed by atoms with Gasteiger partial charge in [0.25, 0.3) is 0 Å². The van der Waals surface area contributed by atoms with Crippen LogP contribution in [0.3, 0.4) is 0 Å². The topological polar surface area (TPSA) is 73.1 Å². The number of aromatic nitrogens is 2. The normalized spacial score (nSPS) is 21.1. The van der Waals surface area contributed by atoms with Crippen molar-refractivity contribution in [1.29, 1.82) is 0 Å². The average Bonchev–Trinajstić information content (AvgIpc) is 3.00. The van der Waals surface area contributed by atoms with Crippen molar-refractivity contribution in [3.05, 3.63) is 87.8 Å². The van der Waals surface area contributed by atoms with Crippen LogP contribution in [0.2, 0.25) is 0 Å². The van der Waals surface area contributed by atoms with Gasteiger partial charge in [0.15, 0.2) is 6.61 Å². The lowest BCUT2D eigenvalue weighted by molar-refractivity contribution is -0.154. The number of halogens is 4. The molecule has 0 radical (unpaired) electrons. The molecule has 1 aliphatic heterocycles. The van der Waals surface area contributed by atoms with E-state index in [0.29, 0.717) is 11.3 Å². The molecule has 2 aromatic heterocycles. The Hall–Kier alpha value is -2.49. The Morgan fingerprint density at radius 3 is 2.62 bits per heavy atom. The van der Waals surface area contributed by atoms with Crippen LogP contribution in [0, 0.1) is 0 Å². The van der Waals surface area contributed by atoms with Crippen LogP contribution in [0.4, 0.5) is 13.2 Å². The van der Waals surface area contributed by atoms with Crippen molar-refractivity contribution in [2.75, 3.05) is 6.61 Å². The van der Waals surface area contributed by atoms with Crippen LogP contribution in [-0.4, -0.2) is 22.8 Å². The fourth-order valence-corrected chi connectivity index (χ4v) is 4.00. The van der Waals surface area contributed by atoms with Gasteiger partial charge in [-0.25, -0.2) is 4.98 Å². The van der Waals surface area contributed by atoms with Gasteiger partial charge in [-0.1, -0.05) is 34.1 Å². The van der Waals surface area contributed by atoms with Gasteiger partial charge in [-0.2, -0.15) is 13.2 Å². The van der Waals surface area contributed by atoms with Gasteiger partial charge in [0.05, 0.1) is 11.2 Å². The van der Waals surface area contributed by atoms with Crippen molar-refractivity contribution < 1.29 is 17.9 Å². The van der Waals surface area contributed by atoms with E-state index in [1.807, 2.05) is 30.3 Å². The Bertz CT molecular complexity index is 1050. The molecular formula is C20H16BrF3N4O. The third-order valence-corrected chi connectivity index (χ3v) is 5.21. The zero-order chi connectivity index (χ0) is 20.6. The lowest BCUT2D eigenvalue weighted by atomic mass is 9.79. The molecule has 4 rings (SSSR count). The van der Waals surface area contributed by atoms with Crippen molar-refractivity contribution in [2.45, 2.75) is 17.9 Å². The SMILES string of the molecule is NC1NC(c2cccc(Br)c2)(c2ccnc(OCC(F)(F)F)c2)c2cccnc21. The smallest absolute Gasteiger partial charge is 0.422 e. The molecule has 1 aliphatic rings. The molecule has 0 saturated carbocycles. The summed E-state index contributed by atoms with van der Waals surface area (Å²) in [4.78, 5) is 8.33. The maximum atomic E-state index is 12.6. The Balaban J connectivity index is 1.88. The molecule has 2 unspecified atom stereocenters. The van der Waals surface area contributed by atoms with E-state index in [4.69, 9.17) is 10.5 Å². The molecule has 9 heteroatoms. The van der Waals surface area contributed by atoms with E-state index in [9.17, 15) is 13.2 Å². The van der Waals surface area contributed by atoms with Gasteiger partial charge >= 0.3 is 6.18 Å². The van der Waals surface area contributed by atoms with E-state index in [0.717, 1.165) is 15.6 Å². The second-order valence-electron chi connectivity index (χ2n) is 6.61. The van der Waals surface area contributed by atoms with Crippen molar-refractivity contribution >= 4 is 15.9 Å². The highest BCUT2D eigenvalue weighted by Crippen LogP contribution is 2.45. The lowest BCUT2D eigenvalue weighted by Crippen LogP contribution is -2.42. The summed E-state index contributed by atoms with van der Waals surface area (Å²) >= 11 is 3.49. The van der Waals surface area contributed by atoms with Gasteiger partial charge in [0.2, 0.25) is 5.88 Å². The van der Waals surface area contributed by atoms with Crippen molar-refractivity contribution in [2.24, 2.45) is 5.73 Å². The molecule has 0 fully saturated rings. The van der Waals surface area contributed by atoms with Crippen LogP contribution in [0.5, 0.6) is 5.88 Å². The summed E-state index contributed by atoms with van der Waals surface area (Å²) in [5.74, 6) is -0.123. The number of hydrogen-bond acceptors (Lipinski definition) is 5. The van der Waals surface area contributed by atoms with Gasteiger partial charge in [-0.15, -0.1) is 0 Å². The predicted octanol–water partition coefficient (Wildman–Crippen LogP) is 4.03. The summed E-state index contributed by atoms with van der Waals surface area (Å²) in [6.07, 6.45) is -1.94. The third-order valence-electron chi connectivity index (χ3n) is 4.72. The minimum atomic E-state index is -4.45. The van der Waals surface area contributed by atoms with Crippen molar-refractivity contribution in [3.63, 3.8) is 0 Å². The quantitative estimate of drug-likeness (QED) is 0.609. The molecule has 0 saturated heterocycles. The molecule has 2 atom stereocenters. The molecule has 3 aromatic rings. The molecule has 150 valence electrons. The molecular weight excluding hydrogens is 449 g/mol. The van der Waals surface area contributed by atoms with Gasteiger partial charge in [-0.05, 0) is 35.4 Å². The molecule has 0 amide bonds. The van der Waals surface area contributed by atoms with Crippen LogP contribution in [0.1, 0.15) is 28.6 Å². The monoisotopic (exact) mass is 464 g/mol. The van der Waals surface area contributed by atoms with E-state index >= 15 is 0 Å². The van der Waals surface area contributed by atoms with Gasteiger partial charge in [0.1, 0.15) is 6.17 Å². The maximum absolute atomic E-state index is 12.6. The van der Waals surface area contributed by atoms with Crippen molar-refractivity contribution in [1.82, 2.24) is 15.3 Å². The van der Waals surface area contributed by atoms with E-state index in [2.05, 4.69) is 31.2 Å². The molecule has 3 heterocycles. The second kappa shape index (κ2) is 7.40. The molecule has 1 aromatic carbocycles. The first-order chi connectivity index (χ1) is 13.8. The van der Waals surface area contributed by atoms with Gasteiger partial charge < -0.3 is 10.5 Å². The standard InChI is InChI=1S/C20H16BrF3N4O/c21-14-4-1-3-12(9-14)20(15-5-2-7-27-17(15)18(25)28-20)13-6-8-26-16(10-13)29-11-19(22,23)24/h1-10,18,28H,11,25H2. The maximum Gasteiger partial charge on any atom is 0.422 e. The largest absolute Gasteiger partial charge is 0.468 e. The summed E-state index contributed by atoms with van der Waals surface area (Å²) in [6, 6.07) is 14.5. The number of fused-ring (bicyclic) bond motifs is 1. The number of pyridine rings is 2. The first-order valence-corrected chi connectivity index (χ1v) is 9.50. The number of hydrogen-bond donors (Lipinski definition) is 2. The Kier molecular flexibility index (Phi) is 5.05. The molecule has 3 N–H and O–H groups in total. The number of nitrogens with one attached hydrogen (secondary N) is 1. The summed E-state index contributed by atoms with van der Waals surface area (Å²) in [5.41, 5.74) is 8.36. The summed E-state index contributed by atoms with van der Waals surface area (Å²) in [6.45, 7) is -1.42. The molecule has 0 aliphatic carbocycles. The number of alkyl halides is 3. The zero-order valence-electron chi connectivity index (χ0n) is 14.9. The molecule has 5 nitrogen and oxygen atoms in total. The van der Waals surface area contributed by atoms with Crippen LogP contribution in [0.25, 0.3) is 0 Å². The number of benzene rings is 1. The van der Waals surface area contributed by atoms with Crippen LogP contribution in [0.15, 0.2) is 65.4 Å². The number of nitrogens with two attached hydrogens (primary N) is 1. The van der Waals surface area contributed by atoms with E-state index in [1.54, 1.807) is 18.3 Å². The first-order valence-electron chi connectivity index (χ1n) is 8.70. The first kappa shape index (κ1) is 19.8. The summed E-state index contributed by atoms with van der Waals surface area (Å²) < 4.78 is 43.5. The Morgan fingerprint density at radius 1 is 1.07 bits per heavy atom. The fraction of sp³-hybridized carbons (Fsp3) is 0.200. The van der Waals surface area contributed by atoms with E-state index < -0.39 is 24.5 Å². The number of rotatable bonds is 4. The van der Waals surface area contributed by atoms with E-state index in [-0.39, 0.29) is 5.88 Å². The minimum absolute atomic E-state index is 0.123. The van der Waals surface area contributed by atoms with Gasteiger partial charge in [-0.3, -0.25) is 10.3 Å². The highest BCUT2D eigenvalue weighted by molar-refractivity contribution is 9.10. The highest BCUT2D eigenvalue weighted by atomic mass is 79.9. The number of nitrogens with zero attached hydrogens (tertiary/aromatic N) is 2. The lowest BCUT2D eigenvalue weighted by Gasteiger charge is -2.33. The average molecular weight is 465 g/mol. The molecule has 0 bridgehead atoms. The van der Waals surface area contributed by atoms with Crippen LogP contribution >= 0.6 is 15.9 Å². The van der Waals surface area contributed by atoms with Crippen LogP contribution < -0.4 is 15.8 Å². The zero-order valence-corrected chi connectivity index (χ0v) is 16.5. The molecule has 0 spiro atoms. The summed E-state index contributed by atoms with van der Waals surface area (Å²) in [7, 11) is 0. The molecule has 29 heavy (non-hydrogen) atoms. The highest BCUT2D eigenvalue weighted by Gasteiger charge is 2.46. The Labute approximate surface area is 173 Å². The predicted molar refractivity (Wildman–Crippen MR) is 104 cm³/mol. The third kappa shape index (κ3) is 3.73. The van der Waals surface area contributed by atoms with Gasteiger partial charge in [0, 0.05) is 28.5 Å². The van der Waals surface area contributed by atoms with Crippen molar-refractivity contribution in [3.8, 4) is 5.88 Å². The minimum Gasteiger partial charge on any atom is -0.468 e.